The Bertz CT molecular complexity index is 326. The standard InChI is InChI=1S/C14H24N2O2/c17-12-4-2-1-3-11(12)16-13(18)10-9-14(10)5-7-15-8-6-14/h10-12,15,17H,1-9H2,(H,16,18). The number of aliphatic hydroxyl groups excluding tert-OH is 1. The number of amides is 1. The van der Waals surface area contributed by atoms with Gasteiger partial charge in [-0.3, -0.25) is 4.79 Å². The van der Waals surface area contributed by atoms with Gasteiger partial charge in [0.1, 0.15) is 0 Å². The molecule has 2 aliphatic carbocycles. The molecule has 102 valence electrons. The summed E-state index contributed by atoms with van der Waals surface area (Å²) in [6.45, 7) is 2.10. The van der Waals surface area contributed by atoms with Crippen molar-refractivity contribution in [3.63, 3.8) is 0 Å². The van der Waals surface area contributed by atoms with E-state index in [1.807, 2.05) is 0 Å². The Hall–Kier alpha value is -0.610. The minimum Gasteiger partial charge on any atom is -0.391 e. The van der Waals surface area contributed by atoms with E-state index >= 15 is 0 Å². The molecule has 0 aromatic carbocycles. The molecule has 4 nitrogen and oxygen atoms in total. The van der Waals surface area contributed by atoms with Crippen LogP contribution in [0.1, 0.15) is 44.9 Å². The van der Waals surface area contributed by atoms with Gasteiger partial charge in [-0.2, -0.15) is 0 Å². The van der Waals surface area contributed by atoms with Crippen molar-refractivity contribution in [3.05, 3.63) is 0 Å². The average Bonchev–Trinajstić information content (AvgIpc) is 3.07. The number of carbonyl (C=O) groups is 1. The Kier molecular flexibility index (Phi) is 3.32. The van der Waals surface area contributed by atoms with E-state index in [-0.39, 0.29) is 24.0 Å². The third-order valence-corrected chi connectivity index (χ3v) is 5.16. The second-order valence-electron chi connectivity index (χ2n) is 6.34. The third-order valence-electron chi connectivity index (χ3n) is 5.16. The average molecular weight is 252 g/mol. The van der Waals surface area contributed by atoms with Crippen molar-refractivity contribution in [2.45, 2.75) is 57.1 Å². The highest BCUT2D eigenvalue weighted by molar-refractivity contribution is 5.83. The molecule has 3 aliphatic rings. The second-order valence-corrected chi connectivity index (χ2v) is 6.34. The molecule has 3 N–H and O–H groups in total. The lowest BCUT2D eigenvalue weighted by atomic mass is 9.90. The van der Waals surface area contributed by atoms with E-state index < -0.39 is 0 Å². The van der Waals surface area contributed by atoms with Crippen molar-refractivity contribution in [3.8, 4) is 0 Å². The van der Waals surface area contributed by atoms with E-state index in [1.54, 1.807) is 0 Å². The summed E-state index contributed by atoms with van der Waals surface area (Å²) >= 11 is 0. The summed E-state index contributed by atoms with van der Waals surface area (Å²) in [7, 11) is 0. The fourth-order valence-corrected chi connectivity index (χ4v) is 3.76. The van der Waals surface area contributed by atoms with Gasteiger partial charge in [0.2, 0.25) is 5.91 Å². The lowest BCUT2D eigenvalue weighted by Crippen LogP contribution is -2.46. The Morgan fingerprint density at radius 1 is 1.22 bits per heavy atom. The highest BCUT2D eigenvalue weighted by Gasteiger charge is 2.57. The monoisotopic (exact) mass is 252 g/mol. The van der Waals surface area contributed by atoms with Crippen molar-refractivity contribution < 1.29 is 9.90 Å². The summed E-state index contributed by atoms with van der Waals surface area (Å²) < 4.78 is 0. The van der Waals surface area contributed by atoms with Gasteiger partial charge in [-0.05, 0) is 50.6 Å². The molecule has 1 aliphatic heterocycles. The van der Waals surface area contributed by atoms with Crippen LogP contribution in [0.3, 0.4) is 0 Å². The molecule has 3 unspecified atom stereocenters. The van der Waals surface area contributed by atoms with Gasteiger partial charge in [0, 0.05) is 5.92 Å². The summed E-state index contributed by atoms with van der Waals surface area (Å²) in [5.74, 6) is 0.413. The lowest BCUT2D eigenvalue weighted by molar-refractivity contribution is -0.125. The zero-order valence-corrected chi connectivity index (χ0v) is 11.0. The van der Waals surface area contributed by atoms with E-state index in [1.165, 1.54) is 0 Å². The van der Waals surface area contributed by atoms with Crippen LogP contribution in [-0.4, -0.2) is 36.2 Å². The molecule has 0 aromatic heterocycles. The molecular weight excluding hydrogens is 228 g/mol. The third kappa shape index (κ3) is 2.28. The maximum Gasteiger partial charge on any atom is 0.224 e. The highest BCUT2D eigenvalue weighted by atomic mass is 16.3. The van der Waals surface area contributed by atoms with Crippen LogP contribution in [0.5, 0.6) is 0 Å². The molecule has 3 atom stereocenters. The van der Waals surface area contributed by atoms with Crippen LogP contribution in [0.15, 0.2) is 0 Å². The molecule has 18 heavy (non-hydrogen) atoms. The maximum atomic E-state index is 12.2. The molecule has 0 aromatic rings. The molecule has 0 bridgehead atoms. The number of piperidine rings is 1. The quantitative estimate of drug-likeness (QED) is 0.681. The first-order valence-electron chi connectivity index (χ1n) is 7.40. The number of nitrogens with one attached hydrogen (secondary N) is 2. The summed E-state index contributed by atoms with van der Waals surface area (Å²) in [5, 5.41) is 16.3. The fraction of sp³-hybridized carbons (Fsp3) is 0.929. The minimum absolute atomic E-state index is 0.00520. The lowest BCUT2D eigenvalue weighted by Gasteiger charge is -2.29. The zero-order chi connectivity index (χ0) is 12.6. The second kappa shape index (κ2) is 4.82. The van der Waals surface area contributed by atoms with E-state index in [2.05, 4.69) is 10.6 Å². The Morgan fingerprint density at radius 2 is 1.94 bits per heavy atom. The number of carbonyl (C=O) groups excluding carboxylic acids is 1. The van der Waals surface area contributed by atoms with Crippen molar-refractivity contribution in [1.29, 1.82) is 0 Å². The summed E-state index contributed by atoms with van der Waals surface area (Å²) in [4.78, 5) is 12.2. The molecule has 4 heteroatoms. The van der Waals surface area contributed by atoms with Crippen molar-refractivity contribution in [1.82, 2.24) is 10.6 Å². The van der Waals surface area contributed by atoms with Gasteiger partial charge in [0.15, 0.2) is 0 Å². The SMILES string of the molecule is O=C(NC1CCCCC1O)C1CC12CCNCC2. The predicted molar refractivity (Wildman–Crippen MR) is 69.0 cm³/mol. The molecule has 3 rings (SSSR count). The maximum absolute atomic E-state index is 12.2. The van der Waals surface area contributed by atoms with E-state index in [4.69, 9.17) is 0 Å². The van der Waals surface area contributed by atoms with Gasteiger partial charge >= 0.3 is 0 Å². The first-order valence-corrected chi connectivity index (χ1v) is 7.40. The fourth-order valence-electron chi connectivity index (χ4n) is 3.76. The van der Waals surface area contributed by atoms with Crippen LogP contribution in [0.25, 0.3) is 0 Å². The van der Waals surface area contributed by atoms with Crippen LogP contribution >= 0.6 is 0 Å². The molecule has 0 radical (unpaired) electrons. The van der Waals surface area contributed by atoms with Crippen molar-refractivity contribution >= 4 is 5.91 Å². The number of hydrogen-bond acceptors (Lipinski definition) is 3. The summed E-state index contributed by atoms with van der Waals surface area (Å²) in [6, 6.07) is 0.00520. The molecule has 1 saturated heterocycles. The highest BCUT2D eigenvalue weighted by Crippen LogP contribution is 2.58. The van der Waals surface area contributed by atoms with Gasteiger partial charge in [0.25, 0.3) is 0 Å². The Labute approximate surface area is 109 Å². The first-order chi connectivity index (χ1) is 8.71. The van der Waals surface area contributed by atoms with Gasteiger partial charge in [-0.1, -0.05) is 12.8 Å². The number of hydrogen-bond donors (Lipinski definition) is 3. The molecule has 1 amide bonds. The van der Waals surface area contributed by atoms with E-state index in [0.717, 1.165) is 58.0 Å². The topological polar surface area (TPSA) is 61.4 Å². The smallest absolute Gasteiger partial charge is 0.224 e. The van der Waals surface area contributed by atoms with E-state index in [9.17, 15) is 9.90 Å². The normalized spacial score (nSPS) is 38.4. The first kappa shape index (κ1) is 12.4. The number of rotatable bonds is 2. The Morgan fingerprint density at radius 3 is 2.67 bits per heavy atom. The minimum atomic E-state index is -0.328. The van der Waals surface area contributed by atoms with Crippen molar-refractivity contribution in [2.24, 2.45) is 11.3 Å². The molecule has 3 fully saturated rings. The molecule has 1 heterocycles. The van der Waals surface area contributed by atoms with Crippen LogP contribution in [-0.2, 0) is 4.79 Å². The summed E-state index contributed by atoms with van der Waals surface area (Å²) in [6.07, 6.45) is 7.00. The Balaban J connectivity index is 1.53. The van der Waals surface area contributed by atoms with Gasteiger partial charge in [0.05, 0.1) is 12.1 Å². The van der Waals surface area contributed by atoms with Crippen LogP contribution < -0.4 is 10.6 Å². The summed E-state index contributed by atoms with van der Waals surface area (Å²) in [5.41, 5.74) is 0.301. The predicted octanol–water partition coefficient (Wildman–Crippen LogP) is 0.796. The van der Waals surface area contributed by atoms with Crippen LogP contribution in [0.2, 0.25) is 0 Å². The molecular formula is C14H24N2O2. The number of aliphatic hydroxyl groups is 1. The van der Waals surface area contributed by atoms with Gasteiger partial charge < -0.3 is 15.7 Å². The van der Waals surface area contributed by atoms with Crippen LogP contribution in [0.4, 0.5) is 0 Å². The van der Waals surface area contributed by atoms with Gasteiger partial charge in [-0.25, -0.2) is 0 Å². The van der Waals surface area contributed by atoms with Gasteiger partial charge in [-0.15, -0.1) is 0 Å². The largest absolute Gasteiger partial charge is 0.391 e. The zero-order valence-electron chi connectivity index (χ0n) is 11.0. The van der Waals surface area contributed by atoms with E-state index in [0.29, 0.717) is 5.41 Å². The van der Waals surface area contributed by atoms with Crippen LogP contribution in [0, 0.1) is 11.3 Å². The van der Waals surface area contributed by atoms with Crippen molar-refractivity contribution in [2.75, 3.05) is 13.1 Å². The molecule has 2 saturated carbocycles. The molecule has 1 spiro atoms.